The van der Waals surface area contributed by atoms with Crippen LogP contribution in [0.4, 0.5) is 0 Å². The third kappa shape index (κ3) is 2.54. The summed E-state index contributed by atoms with van der Waals surface area (Å²) in [5.74, 6) is 1.77. The van der Waals surface area contributed by atoms with Crippen LogP contribution in [0.25, 0.3) is 10.9 Å². The first-order valence-corrected chi connectivity index (χ1v) is 8.72. The van der Waals surface area contributed by atoms with Crippen molar-refractivity contribution in [2.24, 2.45) is 5.92 Å². The SMILES string of the molecule is COCCC1CCN2CCc3c([nH]c4cccc(OC)c34)[C@@H]2C1. The smallest absolute Gasteiger partial charge is 0.128 e. The summed E-state index contributed by atoms with van der Waals surface area (Å²) in [6.45, 7) is 3.26. The average molecular weight is 314 g/mol. The van der Waals surface area contributed by atoms with Gasteiger partial charge in [0.1, 0.15) is 5.75 Å². The molecule has 1 unspecified atom stereocenters. The van der Waals surface area contributed by atoms with Gasteiger partial charge in [0.25, 0.3) is 0 Å². The van der Waals surface area contributed by atoms with E-state index in [4.69, 9.17) is 9.47 Å². The zero-order valence-electron chi connectivity index (χ0n) is 14.1. The zero-order chi connectivity index (χ0) is 15.8. The van der Waals surface area contributed by atoms with Crippen LogP contribution < -0.4 is 4.74 Å². The maximum Gasteiger partial charge on any atom is 0.128 e. The highest BCUT2D eigenvalue weighted by Crippen LogP contribution is 2.43. The molecular formula is C19H26N2O2. The van der Waals surface area contributed by atoms with E-state index in [2.05, 4.69) is 28.1 Å². The molecule has 2 aliphatic heterocycles. The van der Waals surface area contributed by atoms with E-state index in [0.29, 0.717) is 6.04 Å². The van der Waals surface area contributed by atoms with Crippen molar-refractivity contribution in [1.29, 1.82) is 0 Å². The van der Waals surface area contributed by atoms with Gasteiger partial charge in [0, 0.05) is 36.9 Å². The Balaban J connectivity index is 1.70. The molecule has 0 saturated carbocycles. The number of benzene rings is 1. The van der Waals surface area contributed by atoms with Crippen LogP contribution in [0.5, 0.6) is 5.75 Å². The summed E-state index contributed by atoms with van der Waals surface area (Å²) < 4.78 is 10.9. The van der Waals surface area contributed by atoms with Gasteiger partial charge >= 0.3 is 0 Å². The molecule has 1 aromatic carbocycles. The molecule has 2 aromatic rings. The molecule has 0 radical (unpaired) electrons. The van der Waals surface area contributed by atoms with Crippen molar-refractivity contribution in [3.05, 3.63) is 29.5 Å². The minimum Gasteiger partial charge on any atom is -0.496 e. The zero-order valence-corrected chi connectivity index (χ0v) is 14.1. The molecule has 23 heavy (non-hydrogen) atoms. The number of ether oxygens (including phenoxy) is 2. The van der Waals surface area contributed by atoms with E-state index in [1.54, 1.807) is 14.2 Å². The molecule has 2 aliphatic rings. The number of aromatic nitrogens is 1. The topological polar surface area (TPSA) is 37.5 Å². The van der Waals surface area contributed by atoms with Gasteiger partial charge in [-0.25, -0.2) is 0 Å². The Kier molecular flexibility index (Phi) is 4.04. The molecule has 124 valence electrons. The van der Waals surface area contributed by atoms with E-state index in [0.717, 1.165) is 24.7 Å². The van der Waals surface area contributed by atoms with Crippen molar-refractivity contribution < 1.29 is 9.47 Å². The predicted octanol–water partition coefficient (Wildman–Crippen LogP) is 3.52. The summed E-state index contributed by atoms with van der Waals surface area (Å²) >= 11 is 0. The van der Waals surface area contributed by atoms with Gasteiger partial charge in [0.15, 0.2) is 0 Å². The van der Waals surface area contributed by atoms with Crippen molar-refractivity contribution in [2.75, 3.05) is 33.9 Å². The minimum absolute atomic E-state index is 0.534. The Labute approximate surface area is 137 Å². The second-order valence-electron chi connectivity index (χ2n) is 6.87. The summed E-state index contributed by atoms with van der Waals surface area (Å²) in [6.07, 6.45) is 4.85. The van der Waals surface area contributed by atoms with Gasteiger partial charge in [-0.05, 0) is 55.8 Å². The monoisotopic (exact) mass is 314 g/mol. The number of piperidine rings is 1. The Bertz CT molecular complexity index is 694. The number of hydrogen-bond donors (Lipinski definition) is 1. The number of H-pyrrole nitrogens is 1. The van der Waals surface area contributed by atoms with Crippen LogP contribution in [0.15, 0.2) is 18.2 Å². The molecule has 0 bridgehead atoms. The lowest BCUT2D eigenvalue weighted by Crippen LogP contribution is -2.41. The van der Waals surface area contributed by atoms with E-state index in [9.17, 15) is 0 Å². The lowest BCUT2D eigenvalue weighted by atomic mass is 9.83. The van der Waals surface area contributed by atoms with E-state index < -0.39 is 0 Å². The van der Waals surface area contributed by atoms with Crippen molar-refractivity contribution in [3.63, 3.8) is 0 Å². The van der Waals surface area contributed by atoms with Crippen LogP contribution in [0.1, 0.15) is 36.6 Å². The molecular weight excluding hydrogens is 288 g/mol. The highest BCUT2D eigenvalue weighted by molar-refractivity contribution is 5.91. The molecule has 4 heteroatoms. The first-order valence-electron chi connectivity index (χ1n) is 8.72. The average Bonchev–Trinajstić information content (AvgIpc) is 2.99. The van der Waals surface area contributed by atoms with Crippen LogP contribution in [-0.2, 0) is 11.2 Å². The van der Waals surface area contributed by atoms with Crippen molar-refractivity contribution >= 4 is 10.9 Å². The Morgan fingerprint density at radius 1 is 1.26 bits per heavy atom. The molecule has 1 saturated heterocycles. The fourth-order valence-electron chi connectivity index (χ4n) is 4.47. The van der Waals surface area contributed by atoms with Crippen molar-refractivity contribution in [2.45, 2.75) is 31.7 Å². The van der Waals surface area contributed by atoms with Gasteiger partial charge < -0.3 is 14.5 Å². The van der Waals surface area contributed by atoms with Gasteiger partial charge in [-0.3, -0.25) is 4.90 Å². The largest absolute Gasteiger partial charge is 0.496 e. The number of nitrogens with zero attached hydrogens (tertiary/aromatic N) is 1. The molecule has 0 spiro atoms. The Hall–Kier alpha value is -1.52. The van der Waals surface area contributed by atoms with Crippen LogP contribution in [-0.4, -0.2) is 43.8 Å². The number of fused-ring (bicyclic) bond motifs is 5. The van der Waals surface area contributed by atoms with Gasteiger partial charge in [-0.2, -0.15) is 0 Å². The summed E-state index contributed by atoms with van der Waals surface area (Å²) in [4.78, 5) is 6.37. The maximum absolute atomic E-state index is 5.61. The number of nitrogens with one attached hydrogen (secondary N) is 1. The van der Waals surface area contributed by atoms with Gasteiger partial charge in [-0.1, -0.05) is 6.07 Å². The van der Waals surface area contributed by atoms with E-state index in [1.165, 1.54) is 54.5 Å². The lowest BCUT2D eigenvalue weighted by molar-refractivity contribution is 0.0818. The third-order valence-electron chi connectivity index (χ3n) is 5.68. The standard InChI is InChI=1S/C19H26N2O2/c1-22-11-8-13-6-9-21-10-7-14-18-15(4-3-5-17(18)23-2)20-19(14)16(21)12-13/h3-5,13,16,20H,6-12H2,1-2H3/t13?,16-/m0/s1. The molecule has 0 amide bonds. The molecule has 1 fully saturated rings. The summed E-state index contributed by atoms with van der Waals surface area (Å²) in [5.41, 5.74) is 4.12. The maximum atomic E-state index is 5.61. The van der Waals surface area contributed by atoms with Crippen LogP contribution >= 0.6 is 0 Å². The highest BCUT2D eigenvalue weighted by atomic mass is 16.5. The number of aromatic amines is 1. The summed E-state index contributed by atoms with van der Waals surface area (Å²) in [6, 6.07) is 6.85. The van der Waals surface area contributed by atoms with Crippen LogP contribution in [0.3, 0.4) is 0 Å². The molecule has 2 atom stereocenters. The molecule has 1 N–H and O–H groups in total. The predicted molar refractivity (Wildman–Crippen MR) is 92.1 cm³/mol. The van der Waals surface area contributed by atoms with Gasteiger partial charge in [-0.15, -0.1) is 0 Å². The fraction of sp³-hybridized carbons (Fsp3) is 0.579. The molecule has 4 rings (SSSR count). The van der Waals surface area contributed by atoms with E-state index >= 15 is 0 Å². The lowest BCUT2D eigenvalue weighted by Gasteiger charge is -2.42. The van der Waals surface area contributed by atoms with Crippen LogP contribution in [0.2, 0.25) is 0 Å². The Morgan fingerprint density at radius 2 is 2.17 bits per heavy atom. The fourth-order valence-corrected chi connectivity index (χ4v) is 4.47. The summed E-state index contributed by atoms with van der Waals surface area (Å²) in [7, 11) is 3.57. The van der Waals surface area contributed by atoms with Crippen LogP contribution in [0, 0.1) is 5.92 Å². The minimum atomic E-state index is 0.534. The quantitative estimate of drug-likeness (QED) is 0.938. The number of hydrogen-bond acceptors (Lipinski definition) is 3. The van der Waals surface area contributed by atoms with Crippen molar-refractivity contribution in [1.82, 2.24) is 9.88 Å². The van der Waals surface area contributed by atoms with Gasteiger partial charge in [0.05, 0.1) is 13.2 Å². The second-order valence-corrected chi connectivity index (χ2v) is 6.87. The normalized spacial score (nSPS) is 24.4. The van der Waals surface area contributed by atoms with E-state index in [1.807, 2.05) is 0 Å². The first-order chi connectivity index (χ1) is 11.3. The second kappa shape index (κ2) is 6.17. The summed E-state index contributed by atoms with van der Waals surface area (Å²) in [5, 5.41) is 1.30. The Morgan fingerprint density at radius 3 is 3.00 bits per heavy atom. The molecule has 3 heterocycles. The third-order valence-corrected chi connectivity index (χ3v) is 5.68. The first kappa shape index (κ1) is 15.0. The highest BCUT2D eigenvalue weighted by Gasteiger charge is 2.35. The molecule has 4 nitrogen and oxygen atoms in total. The van der Waals surface area contributed by atoms with E-state index in [-0.39, 0.29) is 0 Å². The number of methoxy groups -OCH3 is 2. The van der Waals surface area contributed by atoms with Crippen molar-refractivity contribution in [3.8, 4) is 5.75 Å². The van der Waals surface area contributed by atoms with Gasteiger partial charge in [0.2, 0.25) is 0 Å². The molecule has 1 aromatic heterocycles. The molecule has 0 aliphatic carbocycles. The number of rotatable bonds is 4.